The largest absolute Gasteiger partial charge is 0.287 e. The maximum absolute atomic E-state index is 12.1. The summed E-state index contributed by atoms with van der Waals surface area (Å²) >= 11 is 3.35. The Kier molecular flexibility index (Phi) is 3.31. The molecular weight excluding hydrogens is 254 g/mol. The second kappa shape index (κ2) is 4.71. The summed E-state index contributed by atoms with van der Waals surface area (Å²) in [7, 11) is 0. The van der Waals surface area contributed by atoms with E-state index in [4.69, 9.17) is 0 Å². The van der Waals surface area contributed by atoms with Crippen molar-refractivity contribution in [3.05, 3.63) is 40.1 Å². The van der Waals surface area contributed by atoms with E-state index >= 15 is 0 Å². The lowest BCUT2D eigenvalue weighted by atomic mass is 9.95. The Labute approximate surface area is 97.5 Å². The number of pyridine rings is 1. The Hall–Kier alpha value is -0.960. The maximum Gasteiger partial charge on any atom is 0.208 e. The molecule has 2 rings (SSSR count). The van der Waals surface area contributed by atoms with E-state index in [1.165, 1.54) is 6.42 Å². The highest BCUT2D eigenvalue weighted by atomic mass is 79.9. The van der Waals surface area contributed by atoms with Crippen LogP contribution in [0.5, 0.6) is 0 Å². The molecule has 1 aromatic heterocycles. The van der Waals surface area contributed by atoms with E-state index < -0.39 is 0 Å². The highest BCUT2D eigenvalue weighted by Gasteiger charge is 2.17. The van der Waals surface area contributed by atoms with Crippen LogP contribution in [-0.2, 0) is 0 Å². The fourth-order valence-electron chi connectivity index (χ4n) is 1.75. The minimum atomic E-state index is 0.0715. The molecule has 0 atom stereocenters. The van der Waals surface area contributed by atoms with E-state index in [1.807, 2.05) is 18.2 Å². The number of aromatic nitrogens is 1. The monoisotopic (exact) mass is 265 g/mol. The predicted molar refractivity (Wildman–Crippen MR) is 62.8 cm³/mol. The lowest BCUT2D eigenvalue weighted by Gasteiger charge is -2.11. The zero-order valence-electron chi connectivity index (χ0n) is 8.37. The van der Waals surface area contributed by atoms with Gasteiger partial charge in [0.15, 0.2) is 0 Å². The molecule has 1 heterocycles. The van der Waals surface area contributed by atoms with E-state index in [-0.39, 0.29) is 5.78 Å². The minimum absolute atomic E-state index is 0.0715. The van der Waals surface area contributed by atoms with Gasteiger partial charge in [-0.25, -0.2) is 0 Å². The SMILES string of the molecule is O=C(C1=CCCCC1)c1ncccc1Br. The fourth-order valence-corrected chi connectivity index (χ4v) is 2.18. The molecule has 2 nitrogen and oxygen atoms in total. The number of halogens is 1. The van der Waals surface area contributed by atoms with E-state index in [2.05, 4.69) is 20.9 Å². The van der Waals surface area contributed by atoms with Crippen LogP contribution in [0.4, 0.5) is 0 Å². The smallest absolute Gasteiger partial charge is 0.208 e. The summed E-state index contributed by atoms with van der Waals surface area (Å²) in [5.41, 5.74) is 1.45. The molecule has 0 aliphatic heterocycles. The summed E-state index contributed by atoms with van der Waals surface area (Å²) in [6.07, 6.45) is 7.92. The molecule has 15 heavy (non-hydrogen) atoms. The van der Waals surface area contributed by atoms with Gasteiger partial charge in [-0.1, -0.05) is 6.08 Å². The molecule has 0 N–H and O–H groups in total. The zero-order valence-corrected chi connectivity index (χ0v) is 9.96. The summed E-state index contributed by atoms with van der Waals surface area (Å²) in [5, 5.41) is 0. The quantitative estimate of drug-likeness (QED) is 0.766. The first-order chi connectivity index (χ1) is 7.29. The average molecular weight is 266 g/mol. The third-order valence-corrected chi connectivity index (χ3v) is 3.20. The highest BCUT2D eigenvalue weighted by Crippen LogP contribution is 2.23. The number of ketones is 1. The Morgan fingerprint density at radius 2 is 2.27 bits per heavy atom. The van der Waals surface area contributed by atoms with E-state index in [0.717, 1.165) is 29.3 Å². The lowest BCUT2D eigenvalue weighted by molar-refractivity contribution is 0.102. The van der Waals surface area contributed by atoms with Gasteiger partial charge in [-0.05, 0) is 59.3 Å². The van der Waals surface area contributed by atoms with Gasteiger partial charge in [0.25, 0.3) is 0 Å². The Bertz CT molecular complexity index is 412. The molecule has 0 saturated carbocycles. The number of carbonyl (C=O) groups excluding carboxylic acids is 1. The molecule has 78 valence electrons. The van der Waals surface area contributed by atoms with Gasteiger partial charge in [0, 0.05) is 10.7 Å². The van der Waals surface area contributed by atoms with Gasteiger partial charge < -0.3 is 0 Å². The summed E-state index contributed by atoms with van der Waals surface area (Å²) in [4.78, 5) is 16.2. The number of nitrogens with zero attached hydrogens (tertiary/aromatic N) is 1. The number of rotatable bonds is 2. The van der Waals surface area contributed by atoms with Crippen LogP contribution in [0.25, 0.3) is 0 Å². The molecule has 3 heteroatoms. The molecule has 0 fully saturated rings. The van der Waals surface area contributed by atoms with Crippen molar-refractivity contribution in [3.8, 4) is 0 Å². The van der Waals surface area contributed by atoms with Crippen LogP contribution in [-0.4, -0.2) is 10.8 Å². The highest BCUT2D eigenvalue weighted by molar-refractivity contribution is 9.10. The molecule has 0 aromatic carbocycles. The lowest BCUT2D eigenvalue weighted by Crippen LogP contribution is -2.08. The van der Waals surface area contributed by atoms with Crippen molar-refractivity contribution in [2.45, 2.75) is 25.7 Å². The number of carbonyl (C=O) groups is 1. The van der Waals surface area contributed by atoms with Crippen LogP contribution in [0.1, 0.15) is 36.2 Å². The van der Waals surface area contributed by atoms with Gasteiger partial charge in [-0.15, -0.1) is 0 Å². The van der Waals surface area contributed by atoms with Crippen molar-refractivity contribution in [2.75, 3.05) is 0 Å². The number of hydrogen-bond acceptors (Lipinski definition) is 2. The Balaban J connectivity index is 2.28. The van der Waals surface area contributed by atoms with Gasteiger partial charge in [-0.3, -0.25) is 9.78 Å². The van der Waals surface area contributed by atoms with Crippen LogP contribution < -0.4 is 0 Å². The summed E-state index contributed by atoms with van der Waals surface area (Å²) < 4.78 is 0.779. The first-order valence-electron chi connectivity index (χ1n) is 5.13. The third kappa shape index (κ3) is 2.34. The summed E-state index contributed by atoms with van der Waals surface area (Å²) in [6.45, 7) is 0. The van der Waals surface area contributed by atoms with Gasteiger partial charge in [0.05, 0.1) is 0 Å². The average Bonchev–Trinajstić information content (AvgIpc) is 2.30. The first-order valence-corrected chi connectivity index (χ1v) is 5.92. The molecule has 0 spiro atoms. The molecule has 0 saturated heterocycles. The van der Waals surface area contributed by atoms with Crippen molar-refractivity contribution in [1.29, 1.82) is 0 Å². The number of hydrogen-bond donors (Lipinski definition) is 0. The van der Waals surface area contributed by atoms with Crippen molar-refractivity contribution >= 4 is 21.7 Å². The fraction of sp³-hybridized carbons (Fsp3) is 0.333. The Morgan fingerprint density at radius 1 is 1.40 bits per heavy atom. The Morgan fingerprint density at radius 3 is 2.93 bits per heavy atom. The number of Topliss-reactive ketones (excluding diaryl/α,β-unsaturated/α-hetero) is 1. The van der Waals surface area contributed by atoms with Gasteiger partial charge >= 0.3 is 0 Å². The van der Waals surface area contributed by atoms with Gasteiger partial charge in [0.2, 0.25) is 5.78 Å². The predicted octanol–water partition coefficient (Wildman–Crippen LogP) is 3.53. The van der Waals surface area contributed by atoms with Crippen LogP contribution in [0.2, 0.25) is 0 Å². The molecule has 1 aromatic rings. The van der Waals surface area contributed by atoms with Crippen LogP contribution in [0, 0.1) is 0 Å². The third-order valence-electron chi connectivity index (χ3n) is 2.56. The molecule has 0 radical (unpaired) electrons. The van der Waals surface area contributed by atoms with E-state index in [9.17, 15) is 4.79 Å². The standard InChI is InChI=1S/C12H12BrNO/c13-10-7-4-8-14-11(10)12(15)9-5-2-1-3-6-9/h4-5,7-8H,1-3,6H2. The molecule has 0 amide bonds. The molecule has 1 aliphatic carbocycles. The topological polar surface area (TPSA) is 30.0 Å². The van der Waals surface area contributed by atoms with E-state index in [1.54, 1.807) is 6.20 Å². The van der Waals surface area contributed by atoms with Crippen molar-refractivity contribution in [3.63, 3.8) is 0 Å². The van der Waals surface area contributed by atoms with Crippen molar-refractivity contribution in [1.82, 2.24) is 4.98 Å². The molecule has 0 bridgehead atoms. The first kappa shape index (κ1) is 10.6. The molecule has 0 unspecified atom stereocenters. The molecular formula is C12H12BrNO. The second-order valence-electron chi connectivity index (χ2n) is 3.64. The minimum Gasteiger partial charge on any atom is -0.287 e. The zero-order chi connectivity index (χ0) is 10.7. The normalized spacial score (nSPS) is 15.9. The van der Waals surface area contributed by atoms with Crippen LogP contribution in [0.15, 0.2) is 34.5 Å². The second-order valence-corrected chi connectivity index (χ2v) is 4.49. The van der Waals surface area contributed by atoms with Crippen LogP contribution >= 0.6 is 15.9 Å². The maximum atomic E-state index is 12.1. The van der Waals surface area contributed by atoms with Gasteiger partial charge in [-0.2, -0.15) is 0 Å². The van der Waals surface area contributed by atoms with E-state index in [0.29, 0.717) is 5.69 Å². The van der Waals surface area contributed by atoms with Crippen molar-refractivity contribution in [2.24, 2.45) is 0 Å². The molecule has 1 aliphatic rings. The van der Waals surface area contributed by atoms with Crippen LogP contribution in [0.3, 0.4) is 0 Å². The van der Waals surface area contributed by atoms with Crippen molar-refractivity contribution < 1.29 is 4.79 Å². The summed E-state index contributed by atoms with van der Waals surface area (Å²) in [5.74, 6) is 0.0715. The summed E-state index contributed by atoms with van der Waals surface area (Å²) in [6, 6.07) is 3.67. The van der Waals surface area contributed by atoms with Gasteiger partial charge in [0.1, 0.15) is 5.69 Å². The number of allylic oxidation sites excluding steroid dienone is 2.